The SMILES string of the molecule is BrC1(Br)CCC(NCc2ccccc2)CC1. The molecule has 1 aromatic carbocycles. The largest absolute Gasteiger partial charge is 0.310 e. The summed E-state index contributed by atoms with van der Waals surface area (Å²) in [7, 11) is 0. The first-order valence-corrected chi connectivity index (χ1v) is 7.39. The van der Waals surface area contributed by atoms with Crippen LogP contribution in [0.4, 0.5) is 0 Å². The van der Waals surface area contributed by atoms with Crippen molar-refractivity contribution in [1.82, 2.24) is 5.32 Å². The number of benzene rings is 1. The van der Waals surface area contributed by atoms with Crippen LogP contribution < -0.4 is 5.32 Å². The third-order valence-electron chi connectivity index (χ3n) is 3.15. The fraction of sp³-hybridized carbons (Fsp3) is 0.538. The Hall–Kier alpha value is 0.140. The zero-order valence-electron chi connectivity index (χ0n) is 9.26. The van der Waals surface area contributed by atoms with E-state index in [2.05, 4.69) is 67.5 Å². The molecule has 1 saturated carbocycles. The summed E-state index contributed by atoms with van der Waals surface area (Å²) in [5.41, 5.74) is 1.37. The van der Waals surface area contributed by atoms with Gasteiger partial charge >= 0.3 is 0 Å². The van der Waals surface area contributed by atoms with Gasteiger partial charge in [-0.2, -0.15) is 0 Å². The molecule has 0 aromatic heterocycles. The molecule has 0 atom stereocenters. The highest BCUT2D eigenvalue weighted by Crippen LogP contribution is 2.41. The highest BCUT2D eigenvalue weighted by molar-refractivity contribution is 9.25. The molecule has 0 spiro atoms. The predicted octanol–water partition coefficient (Wildman–Crippen LogP) is 4.20. The van der Waals surface area contributed by atoms with Gasteiger partial charge in [0.1, 0.15) is 0 Å². The fourth-order valence-electron chi connectivity index (χ4n) is 2.10. The Kier molecular flexibility index (Phi) is 4.45. The number of alkyl halides is 2. The molecule has 0 radical (unpaired) electrons. The van der Waals surface area contributed by atoms with E-state index in [9.17, 15) is 0 Å². The number of hydrogen-bond donors (Lipinski definition) is 1. The molecule has 0 heterocycles. The molecule has 0 aliphatic heterocycles. The van der Waals surface area contributed by atoms with Crippen molar-refractivity contribution in [2.45, 2.75) is 41.5 Å². The Morgan fingerprint density at radius 1 is 1.12 bits per heavy atom. The molecule has 2 rings (SSSR count). The van der Waals surface area contributed by atoms with Gasteiger partial charge < -0.3 is 5.32 Å². The van der Waals surface area contributed by atoms with Crippen LogP contribution in [0.25, 0.3) is 0 Å². The van der Waals surface area contributed by atoms with Gasteiger partial charge in [0.15, 0.2) is 0 Å². The maximum atomic E-state index is 3.70. The molecule has 0 unspecified atom stereocenters. The summed E-state index contributed by atoms with van der Waals surface area (Å²) in [6.07, 6.45) is 4.87. The van der Waals surface area contributed by atoms with E-state index < -0.39 is 0 Å². The van der Waals surface area contributed by atoms with Gasteiger partial charge in [0.25, 0.3) is 0 Å². The van der Waals surface area contributed by atoms with Crippen molar-refractivity contribution in [3.05, 3.63) is 35.9 Å². The Labute approximate surface area is 114 Å². The van der Waals surface area contributed by atoms with E-state index in [4.69, 9.17) is 0 Å². The summed E-state index contributed by atoms with van der Waals surface area (Å²) in [5.74, 6) is 0. The summed E-state index contributed by atoms with van der Waals surface area (Å²) in [6.45, 7) is 0.989. The van der Waals surface area contributed by atoms with E-state index in [0.717, 1.165) is 6.54 Å². The smallest absolute Gasteiger partial charge is 0.0806 e. The molecule has 0 amide bonds. The number of nitrogens with one attached hydrogen (secondary N) is 1. The average molecular weight is 347 g/mol. The lowest BCUT2D eigenvalue weighted by molar-refractivity contribution is 0.372. The van der Waals surface area contributed by atoms with E-state index in [0.29, 0.717) is 6.04 Å². The normalized spacial score (nSPS) is 20.9. The lowest BCUT2D eigenvalue weighted by atomic mass is 9.95. The molecule has 1 N–H and O–H groups in total. The van der Waals surface area contributed by atoms with Gasteiger partial charge in [-0.05, 0) is 31.2 Å². The molecule has 0 saturated heterocycles. The second-order valence-corrected chi connectivity index (χ2v) is 8.60. The molecule has 1 nitrogen and oxygen atoms in total. The quantitative estimate of drug-likeness (QED) is 0.808. The van der Waals surface area contributed by atoms with E-state index >= 15 is 0 Å². The minimum atomic E-state index is 0.199. The monoisotopic (exact) mass is 345 g/mol. The van der Waals surface area contributed by atoms with Crippen molar-refractivity contribution in [2.75, 3.05) is 0 Å². The first-order chi connectivity index (χ1) is 7.66. The molecule has 1 aliphatic rings. The van der Waals surface area contributed by atoms with Crippen LogP contribution in [0.5, 0.6) is 0 Å². The topological polar surface area (TPSA) is 12.0 Å². The second-order valence-electron chi connectivity index (χ2n) is 4.50. The van der Waals surface area contributed by atoms with Gasteiger partial charge in [-0.3, -0.25) is 0 Å². The van der Waals surface area contributed by atoms with Crippen LogP contribution in [0.15, 0.2) is 30.3 Å². The van der Waals surface area contributed by atoms with Crippen LogP contribution in [0, 0.1) is 0 Å². The molecule has 88 valence electrons. The lowest BCUT2D eigenvalue weighted by Gasteiger charge is -2.31. The van der Waals surface area contributed by atoms with E-state index in [1.165, 1.54) is 31.2 Å². The van der Waals surface area contributed by atoms with E-state index in [1.807, 2.05) is 0 Å². The Bertz CT molecular complexity index is 314. The number of rotatable bonds is 3. The molecular formula is C13H17Br2N. The number of halogens is 2. The molecule has 0 bridgehead atoms. The summed E-state index contributed by atoms with van der Waals surface area (Å²) < 4.78 is 0.199. The summed E-state index contributed by atoms with van der Waals surface area (Å²) in [4.78, 5) is 0. The molecular weight excluding hydrogens is 330 g/mol. The predicted molar refractivity (Wildman–Crippen MR) is 76.1 cm³/mol. The highest BCUT2D eigenvalue weighted by atomic mass is 79.9. The second kappa shape index (κ2) is 5.65. The zero-order chi connectivity index (χ0) is 11.4. The standard InChI is InChI=1S/C13H17Br2N/c14-13(15)8-6-12(7-9-13)16-10-11-4-2-1-3-5-11/h1-5,12,16H,6-10H2. The molecule has 3 heteroatoms. The van der Waals surface area contributed by atoms with Crippen LogP contribution in [-0.2, 0) is 6.54 Å². The first-order valence-electron chi connectivity index (χ1n) is 5.81. The van der Waals surface area contributed by atoms with Gasteiger partial charge in [0.2, 0.25) is 0 Å². The maximum absolute atomic E-state index is 3.70. The zero-order valence-corrected chi connectivity index (χ0v) is 12.4. The third-order valence-corrected chi connectivity index (χ3v) is 4.74. The lowest BCUT2D eigenvalue weighted by Crippen LogP contribution is -2.35. The van der Waals surface area contributed by atoms with Gasteiger partial charge in [0.05, 0.1) is 3.23 Å². The third kappa shape index (κ3) is 3.86. The van der Waals surface area contributed by atoms with Gasteiger partial charge in [0, 0.05) is 12.6 Å². The van der Waals surface area contributed by atoms with Crippen LogP contribution >= 0.6 is 31.9 Å². The van der Waals surface area contributed by atoms with Gasteiger partial charge in [-0.1, -0.05) is 62.2 Å². The van der Waals surface area contributed by atoms with Gasteiger partial charge in [-0.15, -0.1) is 0 Å². The van der Waals surface area contributed by atoms with Crippen molar-refractivity contribution in [2.24, 2.45) is 0 Å². The molecule has 1 fully saturated rings. The Balaban J connectivity index is 1.76. The minimum Gasteiger partial charge on any atom is -0.310 e. The van der Waals surface area contributed by atoms with Gasteiger partial charge in [-0.25, -0.2) is 0 Å². The fourth-order valence-corrected chi connectivity index (χ4v) is 3.02. The molecule has 1 aliphatic carbocycles. The van der Waals surface area contributed by atoms with Crippen LogP contribution in [0.2, 0.25) is 0 Å². The van der Waals surface area contributed by atoms with E-state index in [1.54, 1.807) is 0 Å². The number of hydrogen-bond acceptors (Lipinski definition) is 1. The minimum absolute atomic E-state index is 0.199. The van der Waals surface area contributed by atoms with E-state index in [-0.39, 0.29) is 3.23 Å². The molecule has 1 aromatic rings. The molecule has 16 heavy (non-hydrogen) atoms. The van der Waals surface area contributed by atoms with Crippen LogP contribution in [0.1, 0.15) is 31.2 Å². The van der Waals surface area contributed by atoms with Crippen molar-refractivity contribution < 1.29 is 0 Å². The first kappa shape index (κ1) is 12.6. The van der Waals surface area contributed by atoms with Crippen molar-refractivity contribution >= 4 is 31.9 Å². The summed E-state index contributed by atoms with van der Waals surface area (Å²) in [6, 6.07) is 11.3. The highest BCUT2D eigenvalue weighted by Gasteiger charge is 2.29. The summed E-state index contributed by atoms with van der Waals surface area (Å²) >= 11 is 7.41. The Morgan fingerprint density at radius 3 is 2.38 bits per heavy atom. The van der Waals surface area contributed by atoms with Crippen LogP contribution in [0.3, 0.4) is 0 Å². The summed E-state index contributed by atoms with van der Waals surface area (Å²) in [5, 5.41) is 3.63. The average Bonchev–Trinajstić information content (AvgIpc) is 2.29. The Morgan fingerprint density at radius 2 is 1.75 bits per heavy atom. The van der Waals surface area contributed by atoms with Crippen molar-refractivity contribution in [3.8, 4) is 0 Å². The van der Waals surface area contributed by atoms with Crippen LogP contribution in [-0.4, -0.2) is 9.28 Å². The van der Waals surface area contributed by atoms with Crippen molar-refractivity contribution in [3.63, 3.8) is 0 Å². The maximum Gasteiger partial charge on any atom is 0.0806 e. The van der Waals surface area contributed by atoms with Crippen molar-refractivity contribution in [1.29, 1.82) is 0 Å².